The van der Waals surface area contributed by atoms with Gasteiger partial charge in [0.25, 0.3) is 0 Å². The fraction of sp³-hybridized carbons (Fsp3) is 0.383. The minimum absolute atomic E-state index is 0. The number of aryl methyl sites for hydroxylation is 1. The van der Waals surface area contributed by atoms with Crippen LogP contribution in [0.15, 0.2) is 187 Å². The third-order valence-electron chi connectivity index (χ3n) is 20.0. The second-order valence-electron chi connectivity index (χ2n) is 34.3. The standard InChI is InChI=1S/C17H22N2O.C17H17N.C16H19N.2C15H17NO.C13H14BrN.CH4/c1-17(2,3)14-12-16(19-8-10-20-11-9-19)18-15-7-5-4-6-13(14)15;1-17(2,3)16-12-8-4-6-10-14(12)18-15-11-7-5-9-13(15)16;1-16(2,3)15-11-7-4-5-9-13(11)17-14-10-6-8-12(14)15;1-15(2,3)14-10-6-4-5-7-12(10)16-13-9-17-8-11(13)14;1-15(2,3)13-10-6-4-5-7-12(10)16-14-11(13)8-9-17-14;1-13(2,3)10-8-12(14)15-11-7-5-4-6-9(10)11;/h4-7,12H,8-11H2,1-3H3;4-11H,1-3H3;4-5,7,9H,6,8,10H2,1-3H3;2*4-7H,8-9H2,1-3H3;4-8H,1-3H3;1H4. The minimum atomic E-state index is 0. The van der Waals surface area contributed by atoms with Crippen molar-refractivity contribution >= 4 is 98.1 Å². The number of nitrogens with zero attached hydrogens (tertiary/aromatic N) is 7. The van der Waals surface area contributed by atoms with Gasteiger partial charge >= 0.3 is 0 Å². The van der Waals surface area contributed by atoms with Crippen LogP contribution in [0.5, 0.6) is 5.88 Å². The van der Waals surface area contributed by atoms with Crippen molar-refractivity contribution in [3.05, 3.63) is 248 Å². The number of benzene rings is 7. The Bertz CT molecular complexity index is 4960. The summed E-state index contributed by atoms with van der Waals surface area (Å²) in [6.07, 6.45) is 4.62. The van der Waals surface area contributed by atoms with Gasteiger partial charge in [-0.2, -0.15) is 0 Å². The number of hydrogen-bond donors (Lipinski definition) is 0. The van der Waals surface area contributed by atoms with Gasteiger partial charge in [0.05, 0.1) is 77.3 Å². The van der Waals surface area contributed by atoms with Crippen molar-refractivity contribution in [3.63, 3.8) is 0 Å². The van der Waals surface area contributed by atoms with Gasteiger partial charge in [-0.1, -0.05) is 259 Å². The topological polar surface area (TPSA) is 108 Å². The zero-order valence-electron chi connectivity index (χ0n) is 64.8. The molecule has 11 heteroatoms. The molecule has 1 fully saturated rings. The molecule has 3 aliphatic heterocycles. The fourth-order valence-corrected chi connectivity index (χ4v) is 16.0. The van der Waals surface area contributed by atoms with Crippen molar-refractivity contribution in [2.24, 2.45) is 0 Å². The second kappa shape index (κ2) is 31.4. The van der Waals surface area contributed by atoms with Crippen LogP contribution in [0.3, 0.4) is 0 Å². The summed E-state index contributed by atoms with van der Waals surface area (Å²) < 4.78 is 17.5. The SMILES string of the molecule is C.CC(C)(C)c1c2c(nc3ccccc13)CCC2.CC(C)(C)c1c2c(nc3ccccc13)COC2.CC(C)(C)c1c2c(nc3ccccc13)OCC2.CC(C)(C)c1c2ccccc2nc2ccccc12.CC(C)(C)c1cc(Br)nc2ccccc12.CC(C)(C)c1cc(N2CCOCC2)nc2ccccc12. The van der Waals surface area contributed by atoms with E-state index in [1.54, 1.807) is 0 Å². The Labute approximate surface area is 633 Å². The zero-order chi connectivity index (χ0) is 74.1. The summed E-state index contributed by atoms with van der Waals surface area (Å²) in [5.74, 6) is 1.92. The molecule has 1 saturated heterocycles. The Morgan fingerprint density at radius 3 is 1.15 bits per heavy atom. The van der Waals surface area contributed by atoms with Crippen LogP contribution >= 0.6 is 15.9 Å². The lowest BCUT2D eigenvalue weighted by molar-refractivity contribution is 0.122. The average Bonchev–Trinajstić information content (AvgIpc) is 1.68. The molecule has 105 heavy (non-hydrogen) atoms. The molecule has 546 valence electrons. The van der Waals surface area contributed by atoms with E-state index >= 15 is 0 Å². The molecule has 0 atom stereocenters. The van der Waals surface area contributed by atoms with E-state index in [2.05, 4.69) is 319 Å². The van der Waals surface area contributed by atoms with Gasteiger partial charge in [0.2, 0.25) is 5.88 Å². The smallest absolute Gasteiger partial charge is 0.217 e. The number of morpholine rings is 1. The molecule has 0 spiro atoms. The van der Waals surface area contributed by atoms with Crippen LogP contribution in [0.4, 0.5) is 5.82 Å². The molecule has 9 heterocycles. The third-order valence-corrected chi connectivity index (χ3v) is 20.4. The highest BCUT2D eigenvalue weighted by Crippen LogP contribution is 2.43. The van der Waals surface area contributed by atoms with E-state index in [4.69, 9.17) is 34.1 Å². The highest BCUT2D eigenvalue weighted by molar-refractivity contribution is 9.10. The van der Waals surface area contributed by atoms with Crippen LogP contribution in [-0.4, -0.2) is 62.8 Å². The van der Waals surface area contributed by atoms with Crippen molar-refractivity contribution in [1.82, 2.24) is 29.9 Å². The fourth-order valence-electron chi connectivity index (χ4n) is 15.6. The molecule has 7 aromatic carbocycles. The Morgan fingerprint density at radius 2 is 0.695 bits per heavy atom. The maximum absolute atomic E-state index is 5.63. The molecular weight excluding hydrogens is 1350 g/mol. The maximum Gasteiger partial charge on any atom is 0.217 e. The number of fused-ring (bicyclic) bond motifs is 10. The zero-order valence-corrected chi connectivity index (χ0v) is 66.4. The normalized spacial score (nSPS) is 14.3. The van der Waals surface area contributed by atoms with Gasteiger partial charge in [0, 0.05) is 74.0 Å². The summed E-state index contributed by atoms with van der Waals surface area (Å²) in [7, 11) is 0. The molecular formula is C94H110BrN7O3. The summed E-state index contributed by atoms with van der Waals surface area (Å²) in [6, 6.07) is 63.2. The molecule has 0 amide bonds. The molecule has 6 aromatic heterocycles. The number of hydrogen-bond acceptors (Lipinski definition) is 10. The van der Waals surface area contributed by atoms with Crippen molar-refractivity contribution in [1.29, 1.82) is 0 Å². The molecule has 0 bridgehead atoms. The number of aromatic nitrogens is 6. The van der Waals surface area contributed by atoms with Crippen LogP contribution in [0.1, 0.15) is 200 Å². The van der Waals surface area contributed by atoms with E-state index < -0.39 is 0 Å². The van der Waals surface area contributed by atoms with Crippen LogP contribution in [-0.2, 0) is 74.4 Å². The number of pyridine rings is 6. The molecule has 10 nitrogen and oxygen atoms in total. The van der Waals surface area contributed by atoms with E-state index in [1.165, 1.54) is 106 Å². The number of halogens is 1. The largest absolute Gasteiger partial charge is 0.477 e. The summed E-state index contributed by atoms with van der Waals surface area (Å²) in [5.41, 5.74) is 23.4. The molecule has 1 aliphatic carbocycles. The molecule has 0 unspecified atom stereocenters. The minimum Gasteiger partial charge on any atom is -0.477 e. The van der Waals surface area contributed by atoms with Crippen LogP contribution in [0.25, 0.3) is 76.3 Å². The Hall–Kier alpha value is -8.74. The highest BCUT2D eigenvalue weighted by Gasteiger charge is 2.31. The predicted octanol–water partition coefficient (Wildman–Crippen LogP) is 24.0. The van der Waals surface area contributed by atoms with Gasteiger partial charge in [0.15, 0.2) is 0 Å². The van der Waals surface area contributed by atoms with Gasteiger partial charge in [0.1, 0.15) is 10.4 Å². The lowest BCUT2D eigenvalue weighted by Crippen LogP contribution is -2.37. The van der Waals surface area contributed by atoms with Crippen LogP contribution in [0.2, 0.25) is 0 Å². The molecule has 0 N–H and O–H groups in total. The second-order valence-corrected chi connectivity index (χ2v) is 35.1. The summed E-state index contributed by atoms with van der Waals surface area (Å²) >= 11 is 3.46. The van der Waals surface area contributed by atoms with Crippen LogP contribution in [0, 0.1) is 0 Å². The molecule has 17 rings (SSSR count). The van der Waals surface area contributed by atoms with Gasteiger partial charge in [-0.25, -0.2) is 24.9 Å². The van der Waals surface area contributed by atoms with Gasteiger partial charge in [-0.05, 0) is 161 Å². The molecule has 0 radical (unpaired) electrons. The summed E-state index contributed by atoms with van der Waals surface area (Å²) in [6.45, 7) is 46.3. The number of anilines is 1. The van der Waals surface area contributed by atoms with Gasteiger partial charge in [-0.15, -0.1) is 0 Å². The van der Waals surface area contributed by atoms with Crippen molar-refractivity contribution in [3.8, 4) is 5.88 Å². The monoisotopic (exact) mass is 1460 g/mol. The molecule has 4 aliphatic rings. The van der Waals surface area contributed by atoms with E-state index in [0.717, 1.165) is 106 Å². The molecule has 13 aromatic rings. The van der Waals surface area contributed by atoms with Crippen molar-refractivity contribution in [2.75, 3.05) is 37.8 Å². The first-order valence-corrected chi connectivity index (χ1v) is 38.1. The first-order chi connectivity index (χ1) is 49.3. The number of rotatable bonds is 1. The first kappa shape index (κ1) is 77.4. The lowest BCUT2D eigenvalue weighted by Gasteiger charge is -2.30. The van der Waals surface area contributed by atoms with Crippen molar-refractivity contribution in [2.45, 2.75) is 203 Å². The quantitative estimate of drug-likeness (QED) is 0.116. The Morgan fingerprint density at radius 1 is 0.324 bits per heavy atom. The Balaban J connectivity index is 0.000000126. The molecule has 0 saturated carbocycles. The summed E-state index contributed by atoms with van der Waals surface area (Å²) in [4.78, 5) is 30.5. The third kappa shape index (κ3) is 17.4. The predicted molar refractivity (Wildman–Crippen MR) is 447 cm³/mol. The average molecular weight is 1470 g/mol. The van der Waals surface area contributed by atoms with E-state index in [0.29, 0.717) is 13.2 Å². The van der Waals surface area contributed by atoms with E-state index in [1.807, 2.05) is 18.2 Å². The maximum atomic E-state index is 5.63. The van der Waals surface area contributed by atoms with E-state index in [9.17, 15) is 0 Å². The van der Waals surface area contributed by atoms with Gasteiger partial charge < -0.3 is 19.1 Å². The number of para-hydroxylation sites is 7. The number of ether oxygens (including phenoxy) is 3. The van der Waals surface area contributed by atoms with E-state index in [-0.39, 0.29) is 39.9 Å². The lowest BCUT2D eigenvalue weighted by atomic mass is 9.81. The van der Waals surface area contributed by atoms with Crippen LogP contribution < -0.4 is 9.64 Å². The first-order valence-electron chi connectivity index (χ1n) is 37.3. The van der Waals surface area contributed by atoms with Gasteiger partial charge in [-0.3, -0.25) is 4.98 Å². The Kier molecular flexibility index (Phi) is 23.1. The summed E-state index contributed by atoms with van der Waals surface area (Å²) in [5, 5.41) is 8.92. The highest BCUT2D eigenvalue weighted by atomic mass is 79.9. The van der Waals surface area contributed by atoms with Crippen molar-refractivity contribution < 1.29 is 14.2 Å².